The lowest BCUT2D eigenvalue weighted by atomic mass is 10.2. The molecule has 0 spiro atoms. The molecular formula is C12H18N2O2. The van der Waals surface area contributed by atoms with Gasteiger partial charge in [0, 0.05) is 31.9 Å². The summed E-state index contributed by atoms with van der Waals surface area (Å²) in [4.78, 5) is 10.1. The molecule has 0 fully saturated rings. The fourth-order valence-corrected chi connectivity index (χ4v) is 1.52. The number of aryl methyl sites for hydroxylation is 1. The van der Waals surface area contributed by atoms with Crippen LogP contribution in [0.2, 0.25) is 0 Å². The van der Waals surface area contributed by atoms with E-state index < -0.39 is 0 Å². The molecule has 88 valence electrons. The molecule has 0 N–H and O–H groups in total. The lowest BCUT2D eigenvalue weighted by Crippen LogP contribution is -1.94. The second-order valence-corrected chi connectivity index (χ2v) is 3.93. The van der Waals surface area contributed by atoms with Crippen molar-refractivity contribution >= 4 is 6.08 Å². The van der Waals surface area contributed by atoms with E-state index in [0.717, 1.165) is 18.5 Å². The van der Waals surface area contributed by atoms with Gasteiger partial charge in [-0.3, -0.25) is 10.1 Å². The third-order valence-corrected chi connectivity index (χ3v) is 2.46. The molecule has 0 saturated heterocycles. The summed E-state index contributed by atoms with van der Waals surface area (Å²) in [6.07, 6.45) is 9.09. The van der Waals surface area contributed by atoms with E-state index in [0.29, 0.717) is 0 Å². The molecule has 0 unspecified atom stereocenters. The van der Waals surface area contributed by atoms with Crippen molar-refractivity contribution in [3.05, 3.63) is 39.8 Å². The third kappa shape index (κ3) is 3.88. The van der Waals surface area contributed by atoms with E-state index in [1.54, 1.807) is 6.08 Å². The third-order valence-electron chi connectivity index (χ3n) is 2.46. The van der Waals surface area contributed by atoms with Gasteiger partial charge >= 0.3 is 0 Å². The minimum absolute atomic E-state index is 0.173. The average Bonchev–Trinajstić information content (AvgIpc) is 2.66. The minimum Gasteiger partial charge on any atom is -0.354 e. The van der Waals surface area contributed by atoms with Gasteiger partial charge in [-0.1, -0.05) is 19.8 Å². The molecular weight excluding hydrogens is 204 g/mol. The fraction of sp³-hybridized carbons (Fsp3) is 0.500. The second kappa shape index (κ2) is 6.10. The van der Waals surface area contributed by atoms with E-state index in [1.807, 2.05) is 18.5 Å². The molecule has 0 saturated carbocycles. The molecule has 1 aromatic heterocycles. The van der Waals surface area contributed by atoms with Gasteiger partial charge in [0.2, 0.25) is 5.70 Å². The zero-order valence-corrected chi connectivity index (χ0v) is 9.85. The number of nitro groups is 1. The van der Waals surface area contributed by atoms with Gasteiger partial charge < -0.3 is 4.57 Å². The maximum absolute atomic E-state index is 10.5. The van der Waals surface area contributed by atoms with Gasteiger partial charge in [-0.15, -0.1) is 0 Å². The quantitative estimate of drug-likeness (QED) is 0.421. The topological polar surface area (TPSA) is 48.1 Å². The molecule has 4 nitrogen and oxygen atoms in total. The summed E-state index contributed by atoms with van der Waals surface area (Å²) < 4.78 is 2.08. The first-order chi connectivity index (χ1) is 7.63. The zero-order chi connectivity index (χ0) is 12.0. The first kappa shape index (κ1) is 12.5. The molecule has 0 bridgehead atoms. The first-order valence-corrected chi connectivity index (χ1v) is 5.62. The molecule has 1 aromatic rings. The van der Waals surface area contributed by atoms with Gasteiger partial charge in [0.1, 0.15) is 0 Å². The summed E-state index contributed by atoms with van der Waals surface area (Å²) in [5, 5.41) is 10.5. The van der Waals surface area contributed by atoms with Crippen molar-refractivity contribution in [2.75, 3.05) is 0 Å². The maximum Gasteiger partial charge on any atom is 0.243 e. The van der Waals surface area contributed by atoms with Crippen LogP contribution in [0.25, 0.3) is 6.08 Å². The lowest BCUT2D eigenvalue weighted by molar-refractivity contribution is -0.422. The van der Waals surface area contributed by atoms with Crippen LogP contribution in [0.5, 0.6) is 0 Å². The van der Waals surface area contributed by atoms with Crippen molar-refractivity contribution in [2.45, 2.75) is 39.7 Å². The molecule has 0 aliphatic heterocycles. The van der Waals surface area contributed by atoms with Crippen molar-refractivity contribution < 1.29 is 4.92 Å². The summed E-state index contributed by atoms with van der Waals surface area (Å²) in [7, 11) is 0. The monoisotopic (exact) mass is 222 g/mol. The normalized spacial score (nSPS) is 11.8. The standard InChI is InChI=1S/C12H18N2O2/c1-3-4-5-7-13-8-6-12(10-13)9-11(2)14(15)16/h6,8-10H,3-5,7H2,1-2H3/b11-9+. The second-order valence-electron chi connectivity index (χ2n) is 3.93. The van der Waals surface area contributed by atoms with Gasteiger partial charge in [0.25, 0.3) is 0 Å². The maximum atomic E-state index is 10.5. The Hall–Kier alpha value is -1.58. The summed E-state index contributed by atoms with van der Waals surface area (Å²) in [6.45, 7) is 4.66. The van der Waals surface area contributed by atoms with Gasteiger partial charge in [-0.2, -0.15) is 0 Å². The first-order valence-electron chi connectivity index (χ1n) is 5.62. The van der Waals surface area contributed by atoms with Gasteiger partial charge in [0.15, 0.2) is 0 Å². The number of nitrogens with zero attached hydrogens (tertiary/aromatic N) is 2. The minimum atomic E-state index is -0.367. The highest BCUT2D eigenvalue weighted by Gasteiger charge is 2.02. The molecule has 0 aliphatic rings. The Labute approximate surface area is 95.7 Å². The largest absolute Gasteiger partial charge is 0.354 e. The van der Waals surface area contributed by atoms with Gasteiger partial charge in [0.05, 0.1) is 4.92 Å². The summed E-state index contributed by atoms with van der Waals surface area (Å²) in [6, 6.07) is 1.90. The number of unbranched alkanes of at least 4 members (excludes halogenated alkanes) is 2. The van der Waals surface area contributed by atoms with Crippen molar-refractivity contribution in [3.63, 3.8) is 0 Å². The van der Waals surface area contributed by atoms with Crippen LogP contribution in [0.1, 0.15) is 38.7 Å². The van der Waals surface area contributed by atoms with E-state index in [2.05, 4.69) is 11.5 Å². The van der Waals surface area contributed by atoms with Crippen LogP contribution >= 0.6 is 0 Å². The molecule has 0 aliphatic carbocycles. The highest BCUT2D eigenvalue weighted by atomic mass is 16.6. The fourth-order valence-electron chi connectivity index (χ4n) is 1.52. The SMILES string of the molecule is CCCCCn1ccc(/C=C(\C)[N+](=O)[O-])c1. The van der Waals surface area contributed by atoms with Crippen LogP contribution in [-0.4, -0.2) is 9.49 Å². The van der Waals surface area contributed by atoms with E-state index in [-0.39, 0.29) is 10.6 Å². The van der Waals surface area contributed by atoms with E-state index >= 15 is 0 Å². The van der Waals surface area contributed by atoms with Gasteiger partial charge in [-0.05, 0) is 18.1 Å². The summed E-state index contributed by atoms with van der Waals surface area (Å²) >= 11 is 0. The Morgan fingerprint density at radius 3 is 2.94 bits per heavy atom. The predicted molar refractivity (Wildman–Crippen MR) is 64.6 cm³/mol. The Kier molecular flexibility index (Phi) is 4.76. The molecule has 1 rings (SSSR count). The zero-order valence-electron chi connectivity index (χ0n) is 9.85. The Morgan fingerprint density at radius 2 is 2.31 bits per heavy atom. The molecule has 0 amide bonds. The van der Waals surface area contributed by atoms with Crippen LogP contribution in [-0.2, 0) is 6.54 Å². The Balaban J connectivity index is 2.58. The predicted octanol–water partition coefficient (Wildman–Crippen LogP) is 3.32. The number of hydrogen-bond donors (Lipinski definition) is 0. The number of hydrogen-bond acceptors (Lipinski definition) is 2. The van der Waals surface area contributed by atoms with Crippen LogP contribution in [0.4, 0.5) is 0 Å². The van der Waals surface area contributed by atoms with E-state index in [1.165, 1.54) is 19.8 Å². The molecule has 0 atom stereocenters. The van der Waals surface area contributed by atoms with Crippen molar-refractivity contribution in [3.8, 4) is 0 Å². The van der Waals surface area contributed by atoms with Crippen LogP contribution in [0.3, 0.4) is 0 Å². The summed E-state index contributed by atoms with van der Waals surface area (Å²) in [5.41, 5.74) is 1.07. The van der Waals surface area contributed by atoms with E-state index in [9.17, 15) is 10.1 Å². The molecule has 4 heteroatoms. The van der Waals surface area contributed by atoms with Crippen molar-refractivity contribution in [1.29, 1.82) is 0 Å². The molecule has 0 aromatic carbocycles. The molecule has 1 heterocycles. The molecule has 16 heavy (non-hydrogen) atoms. The van der Waals surface area contributed by atoms with Crippen molar-refractivity contribution in [1.82, 2.24) is 4.57 Å². The number of aromatic nitrogens is 1. The Bertz CT molecular complexity index is 380. The number of rotatable bonds is 6. The van der Waals surface area contributed by atoms with Crippen LogP contribution < -0.4 is 0 Å². The van der Waals surface area contributed by atoms with E-state index in [4.69, 9.17) is 0 Å². The lowest BCUT2D eigenvalue weighted by Gasteiger charge is -2.00. The van der Waals surface area contributed by atoms with Crippen molar-refractivity contribution in [2.24, 2.45) is 0 Å². The Morgan fingerprint density at radius 1 is 1.56 bits per heavy atom. The smallest absolute Gasteiger partial charge is 0.243 e. The van der Waals surface area contributed by atoms with Crippen LogP contribution in [0.15, 0.2) is 24.2 Å². The summed E-state index contributed by atoms with van der Waals surface area (Å²) in [5.74, 6) is 0. The van der Waals surface area contributed by atoms with Gasteiger partial charge in [-0.25, -0.2) is 0 Å². The highest BCUT2D eigenvalue weighted by molar-refractivity contribution is 5.49. The molecule has 0 radical (unpaired) electrons. The van der Waals surface area contributed by atoms with Crippen LogP contribution in [0, 0.1) is 10.1 Å². The number of allylic oxidation sites excluding steroid dienone is 1. The highest BCUT2D eigenvalue weighted by Crippen LogP contribution is 2.09. The average molecular weight is 222 g/mol.